The molecule has 0 aliphatic rings. The van der Waals surface area contributed by atoms with Crippen molar-refractivity contribution in [3.8, 4) is 44.5 Å². The fourth-order valence-electron chi connectivity index (χ4n) is 9.18. The molecule has 1 aromatic heterocycles. The van der Waals surface area contributed by atoms with Crippen molar-refractivity contribution in [2.24, 2.45) is 0 Å². The van der Waals surface area contributed by atoms with Crippen molar-refractivity contribution in [2.45, 2.75) is 13.1 Å². The molecule has 0 spiro atoms. The van der Waals surface area contributed by atoms with E-state index < -0.39 is 11.7 Å². The SMILES string of the molecule is Cc1ccc(-c2c3ccccc3c(-c3ccc4[se]c5c(-c6c7ccccc7c(-c7ccc(C(F)(F)F)cc7)c7ccccc67)cccc5c4c3)c3ccccc23)cc1. The summed E-state index contributed by atoms with van der Waals surface area (Å²) in [6, 6.07) is 62.6. The van der Waals surface area contributed by atoms with Crippen LogP contribution >= 0.6 is 0 Å². The van der Waals surface area contributed by atoms with Gasteiger partial charge < -0.3 is 0 Å². The van der Waals surface area contributed by atoms with Crippen molar-refractivity contribution in [1.82, 2.24) is 0 Å². The van der Waals surface area contributed by atoms with Crippen molar-refractivity contribution in [1.29, 1.82) is 0 Å². The molecule has 276 valence electrons. The van der Waals surface area contributed by atoms with E-state index in [1.807, 2.05) is 12.1 Å². The second-order valence-electron chi connectivity index (χ2n) is 15.1. The van der Waals surface area contributed by atoms with Crippen molar-refractivity contribution < 1.29 is 13.2 Å². The molecule has 0 unspecified atom stereocenters. The first-order valence-electron chi connectivity index (χ1n) is 19.4. The van der Waals surface area contributed by atoms with Crippen LogP contribution in [0.25, 0.3) is 107 Å². The molecule has 0 amide bonds. The van der Waals surface area contributed by atoms with E-state index >= 15 is 0 Å². The number of hydrogen-bond acceptors (Lipinski definition) is 0. The zero-order valence-corrected chi connectivity index (χ0v) is 33.1. The van der Waals surface area contributed by atoms with Gasteiger partial charge in [-0.2, -0.15) is 0 Å². The van der Waals surface area contributed by atoms with Crippen molar-refractivity contribution in [2.75, 3.05) is 0 Å². The Balaban J connectivity index is 1.14. The molecule has 10 aromatic carbocycles. The molecule has 11 rings (SSSR count). The minimum absolute atomic E-state index is 0.0491. The molecular weight excluding hydrogens is 785 g/mol. The molecule has 58 heavy (non-hydrogen) atoms. The Kier molecular flexibility index (Phi) is 7.98. The molecule has 0 N–H and O–H groups in total. The van der Waals surface area contributed by atoms with E-state index in [0.717, 1.165) is 38.2 Å². The number of benzene rings is 10. The van der Waals surface area contributed by atoms with Crippen LogP contribution in [0.3, 0.4) is 0 Å². The number of rotatable bonds is 4. The van der Waals surface area contributed by atoms with Gasteiger partial charge >= 0.3 is 334 Å². The van der Waals surface area contributed by atoms with Gasteiger partial charge in [-0.15, -0.1) is 0 Å². The number of fused-ring (bicyclic) bond motifs is 7. The van der Waals surface area contributed by atoms with E-state index in [2.05, 4.69) is 153 Å². The monoisotopic (exact) mass is 818 g/mol. The molecule has 11 aromatic rings. The summed E-state index contributed by atoms with van der Waals surface area (Å²) in [5, 5.41) is 11.7. The second-order valence-corrected chi connectivity index (χ2v) is 17.3. The molecule has 0 atom stereocenters. The second kappa shape index (κ2) is 13.3. The van der Waals surface area contributed by atoms with Crippen LogP contribution in [0.1, 0.15) is 11.1 Å². The summed E-state index contributed by atoms with van der Waals surface area (Å²) < 4.78 is 43.5. The first-order chi connectivity index (χ1) is 28.3. The summed E-state index contributed by atoms with van der Waals surface area (Å²) in [5.41, 5.74) is 9.61. The van der Waals surface area contributed by atoms with Gasteiger partial charge in [-0.1, -0.05) is 0 Å². The van der Waals surface area contributed by atoms with Gasteiger partial charge in [0.15, 0.2) is 0 Å². The third-order valence-electron chi connectivity index (χ3n) is 11.8. The molecule has 0 saturated heterocycles. The summed E-state index contributed by atoms with van der Waals surface area (Å²) >= 11 is 0.0491. The Morgan fingerprint density at radius 1 is 0.362 bits per heavy atom. The molecule has 4 heteroatoms. The first-order valence-corrected chi connectivity index (χ1v) is 21.1. The number of aryl methyl sites for hydroxylation is 1. The molecule has 0 fully saturated rings. The molecule has 0 aliphatic heterocycles. The van der Waals surface area contributed by atoms with Gasteiger partial charge in [0.05, 0.1) is 0 Å². The third-order valence-corrected chi connectivity index (χ3v) is 14.3. The predicted molar refractivity (Wildman–Crippen MR) is 240 cm³/mol. The van der Waals surface area contributed by atoms with Crippen molar-refractivity contribution >= 4 is 76.9 Å². The molecule has 0 bridgehead atoms. The van der Waals surface area contributed by atoms with Crippen LogP contribution in [-0.2, 0) is 6.18 Å². The summed E-state index contributed by atoms with van der Waals surface area (Å²) in [6.07, 6.45) is -4.39. The molecule has 0 aliphatic carbocycles. The Bertz CT molecular complexity index is 3310. The van der Waals surface area contributed by atoms with Crippen molar-refractivity contribution in [3.05, 3.63) is 193 Å². The van der Waals surface area contributed by atoms with Crippen molar-refractivity contribution in [3.63, 3.8) is 0 Å². The van der Waals surface area contributed by atoms with Crippen LogP contribution in [0.2, 0.25) is 0 Å². The summed E-state index contributed by atoms with van der Waals surface area (Å²) in [5.74, 6) is 0. The fraction of sp³-hybridized carbons (Fsp3) is 0.0370. The van der Waals surface area contributed by atoms with E-state index in [0.29, 0.717) is 0 Å². The standard InChI is InChI=1S/C54H33F3Se/c1-32-21-23-33(24-22-32)49-37-11-2-4-13-39(37)51(40-14-5-3-12-38(40)49)35-27-30-48-47(31-35)45-19-10-20-46(53(45)58-48)52-43-17-8-6-15-41(43)50(42-16-7-9-18-44(42)52)34-25-28-36(29-26-34)54(55,56)57/h2-31H,1H3. The molecule has 0 nitrogen and oxygen atoms in total. The molecular formula is C54H33F3Se. The average molecular weight is 818 g/mol. The first kappa shape index (κ1) is 34.8. The Morgan fingerprint density at radius 3 is 1.22 bits per heavy atom. The zero-order valence-electron chi connectivity index (χ0n) is 31.4. The molecule has 1 heterocycles. The third kappa shape index (κ3) is 5.44. The van der Waals surface area contributed by atoms with E-state index in [1.54, 1.807) is 12.1 Å². The van der Waals surface area contributed by atoms with Crippen LogP contribution in [0.4, 0.5) is 13.2 Å². The van der Waals surface area contributed by atoms with Crippen LogP contribution in [-0.4, -0.2) is 14.5 Å². The molecule has 0 radical (unpaired) electrons. The maximum absolute atomic E-state index is 13.6. The Hall–Kier alpha value is -6.45. The summed E-state index contributed by atoms with van der Waals surface area (Å²) in [7, 11) is 0. The maximum atomic E-state index is 13.6. The number of hydrogen-bond donors (Lipinski definition) is 0. The van der Waals surface area contributed by atoms with Gasteiger partial charge in [-0.25, -0.2) is 0 Å². The normalized spacial score (nSPS) is 12.1. The average Bonchev–Trinajstić information content (AvgIpc) is 3.63. The van der Waals surface area contributed by atoms with Crippen LogP contribution in [0.15, 0.2) is 182 Å². The Morgan fingerprint density at radius 2 is 0.759 bits per heavy atom. The quantitative estimate of drug-likeness (QED) is 0.123. The topological polar surface area (TPSA) is 0 Å². The van der Waals surface area contributed by atoms with E-state index in [4.69, 9.17) is 0 Å². The zero-order chi connectivity index (χ0) is 39.1. The van der Waals surface area contributed by atoms with E-state index in [9.17, 15) is 13.2 Å². The predicted octanol–water partition coefficient (Wildman–Crippen LogP) is 15.7. The molecule has 0 saturated carbocycles. The number of halogens is 3. The van der Waals surface area contributed by atoms with E-state index in [-0.39, 0.29) is 14.5 Å². The van der Waals surface area contributed by atoms with Gasteiger partial charge in [0, 0.05) is 0 Å². The van der Waals surface area contributed by atoms with Gasteiger partial charge in [0.25, 0.3) is 0 Å². The van der Waals surface area contributed by atoms with Crippen LogP contribution in [0, 0.1) is 6.92 Å². The minimum atomic E-state index is -4.39. The number of alkyl halides is 3. The fourth-order valence-corrected chi connectivity index (χ4v) is 11.7. The van der Waals surface area contributed by atoms with Gasteiger partial charge in [0.1, 0.15) is 0 Å². The van der Waals surface area contributed by atoms with Gasteiger partial charge in [-0.3, -0.25) is 0 Å². The van der Waals surface area contributed by atoms with Gasteiger partial charge in [0.2, 0.25) is 0 Å². The van der Waals surface area contributed by atoms with Gasteiger partial charge in [-0.05, 0) is 6.92 Å². The van der Waals surface area contributed by atoms with Crippen LogP contribution < -0.4 is 0 Å². The summed E-state index contributed by atoms with van der Waals surface area (Å²) in [4.78, 5) is 0. The van der Waals surface area contributed by atoms with Crippen LogP contribution in [0.5, 0.6) is 0 Å². The van der Waals surface area contributed by atoms with E-state index in [1.165, 1.54) is 86.4 Å². The summed E-state index contributed by atoms with van der Waals surface area (Å²) in [6.45, 7) is 2.13. The Labute approximate surface area is 339 Å².